The van der Waals surface area contributed by atoms with E-state index in [9.17, 15) is 9.59 Å². The Bertz CT molecular complexity index is 457. The van der Waals surface area contributed by atoms with Gasteiger partial charge in [-0.2, -0.15) is 0 Å². The first-order valence-electron chi connectivity index (χ1n) is 9.19. The normalized spacial score (nSPS) is 31.3. The van der Waals surface area contributed by atoms with Crippen LogP contribution in [0.1, 0.15) is 59.3 Å². The molecule has 0 aromatic rings. The number of hydrogen-bond donors (Lipinski definition) is 1. The molecule has 3 aliphatic rings. The van der Waals surface area contributed by atoms with Gasteiger partial charge in [-0.25, -0.2) is 0 Å². The fraction of sp³-hybridized carbons (Fsp3) is 0.889. The third kappa shape index (κ3) is 3.54. The molecule has 0 aliphatic carbocycles. The lowest BCUT2D eigenvalue weighted by Crippen LogP contribution is -2.52. The van der Waals surface area contributed by atoms with E-state index in [1.54, 1.807) is 0 Å². The number of fused-ring (bicyclic) bond motifs is 2. The molecule has 3 heterocycles. The summed E-state index contributed by atoms with van der Waals surface area (Å²) in [6.07, 6.45) is 5.58. The largest absolute Gasteiger partial charge is 0.334 e. The van der Waals surface area contributed by atoms with Gasteiger partial charge in [0.2, 0.25) is 11.8 Å². The highest BCUT2D eigenvalue weighted by Crippen LogP contribution is 2.32. The topological polar surface area (TPSA) is 52.7 Å². The number of nitrogens with one attached hydrogen (secondary N) is 1. The van der Waals surface area contributed by atoms with Crippen molar-refractivity contribution < 1.29 is 9.59 Å². The second-order valence-corrected chi connectivity index (χ2v) is 8.61. The van der Waals surface area contributed by atoms with Crippen LogP contribution in [0.3, 0.4) is 0 Å². The lowest BCUT2D eigenvalue weighted by molar-refractivity contribution is -0.146. The number of carbonyl (C=O) groups is 2. The van der Waals surface area contributed by atoms with Gasteiger partial charge in [0.25, 0.3) is 0 Å². The van der Waals surface area contributed by atoms with Crippen molar-refractivity contribution in [1.29, 1.82) is 0 Å². The van der Waals surface area contributed by atoms with Gasteiger partial charge < -0.3 is 15.1 Å². The molecular formula is C18H31N3O2. The Morgan fingerprint density at radius 2 is 1.83 bits per heavy atom. The second kappa shape index (κ2) is 6.42. The number of carbonyl (C=O) groups excluding carboxylic acids is 2. The molecule has 3 aliphatic heterocycles. The Kier molecular flexibility index (Phi) is 4.68. The fourth-order valence-electron chi connectivity index (χ4n) is 4.39. The summed E-state index contributed by atoms with van der Waals surface area (Å²) < 4.78 is 0. The molecule has 5 heteroatoms. The van der Waals surface area contributed by atoms with Gasteiger partial charge >= 0.3 is 0 Å². The van der Waals surface area contributed by atoms with Crippen LogP contribution in [0, 0.1) is 5.41 Å². The van der Waals surface area contributed by atoms with Crippen molar-refractivity contribution in [1.82, 2.24) is 15.1 Å². The molecule has 0 spiro atoms. The minimum Gasteiger partial charge on any atom is -0.334 e. The zero-order valence-corrected chi connectivity index (χ0v) is 14.8. The lowest BCUT2D eigenvalue weighted by Gasteiger charge is -2.34. The van der Waals surface area contributed by atoms with Gasteiger partial charge in [-0.05, 0) is 44.1 Å². The molecule has 3 saturated heterocycles. The minimum atomic E-state index is -0.217. The van der Waals surface area contributed by atoms with Crippen LogP contribution in [0.4, 0.5) is 0 Å². The highest BCUT2D eigenvalue weighted by Gasteiger charge is 2.44. The summed E-state index contributed by atoms with van der Waals surface area (Å²) in [5.74, 6) is 0.356. The quantitative estimate of drug-likeness (QED) is 0.843. The molecule has 3 unspecified atom stereocenters. The van der Waals surface area contributed by atoms with Crippen LogP contribution in [0.15, 0.2) is 0 Å². The number of amides is 2. The first-order valence-corrected chi connectivity index (χ1v) is 9.19. The Labute approximate surface area is 139 Å². The van der Waals surface area contributed by atoms with Crippen LogP contribution < -0.4 is 5.32 Å². The van der Waals surface area contributed by atoms with Gasteiger partial charge in [0.15, 0.2) is 0 Å². The molecule has 23 heavy (non-hydrogen) atoms. The molecule has 0 radical (unpaired) electrons. The van der Waals surface area contributed by atoms with E-state index in [0.717, 1.165) is 51.7 Å². The molecule has 3 rings (SSSR count). The van der Waals surface area contributed by atoms with Crippen molar-refractivity contribution in [3.05, 3.63) is 0 Å². The Balaban J connectivity index is 1.72. The monoisotopic (exact) mass is 321 g/mol. The molecule has 130 valence electrons. The maximum atomic E-state index is 13.2. The van der Waals surface area contributed by atoms with E-state index in [2.05, 4.69) is 31.0 Å². The maximum absolute atomic E-state index is 13.2. The van der Waals surface area contributed by atoms with E-state index >= 15 is 0 Å². The zero-order valence-electron chi connectivity index (χ0n) is 14.8. The summed E-state index contributed by atoms with van der Waals surface area (Å²) in [6, 6.07) is 0.490. The highest BCUT2D eigenvalue weighted by atomic mass is 16.2. The molecule has 5 nitrogen and oxygen atoms in total. The third-order valence-electron chi connectivity index (χ3n) is 5.45. The molecule has 3 fully saturated rings. The number of likely N-dealkylation sites (tertiary alicyclic amines) is 1. The van der Waals surface area contributed by atoms with Gasteiger partial charge in [0.05, 0.1) is 0 Å². The van der Waals surface area contributed by atoms with E-state index < -0.39 is 0 Å². The Morgan fingerprint density at radius 3 is 2.57 bits per heavy atom. The first kappa shape index (κ1) is 16.7. The second-order valence-electron chi connectivity index (χ2n) is 8.61. The van der Waals surface area contributed by atoms with Crippen LogP contribution in [0.5, 0.6) is 0 Å². The van der Waals surface area contributed by atoms with E-state index in [4.69, 9.17) is 0 Å². The summed E-state index contributed by atoms with van der Waals surface area (Å²) in [6.45, 7) is 8.90. The predicted molar refractivity (Wildman–Crippen MR) is 89.9 cm³/mol. The van der Waals surface area contributed by atoms with E-state index in [1.165, 1.54) is 0 Å². The maximum Gasteiger partial charge on any atom is 0.245 e. The first-order chi connectivity index (χ1) is 10.9. The Hall–Kier alpha value is -1.10. The molecular weight excluding hydrogens is 290 g/mol. The third-order valence-corrected chi connectivity index (χ3v) is 5.45. The number of nitrogens with zero attached hydrogens (tertiary/aromatic N) is 2. The Morgan fingerprint density at radius 1 is 1.09 bits per heavy atom. The van der Waals surface area contributed by atoms with Crippen molar-refractivity contribution in [3.63, 3.8) is 0 Å². The highest BCUT2D eigenvalue weighted by molar-refractivity contribution is 5.89. The molecule has 2 amide bonds. The molecule has 1 N–H and O–H groups in total. The van der Waals surface area contributed by atoms with Gasteiger partial charge in [0, 0.05) is 31.6 Å². The molecule has 0 aromatic heterocycles. The fourth-order valence-corrected chi connectivity index (χ4v) is 4.39. The van der Waals surface area contributed by atoms with Crippen LogP contribution in [-0.4, -0.2) is 59.4 Å². The van der Waals surface area contributed by atoms with E-state index in [1.807, 2.05) is 4.90 Å². The summed E-state index contributed by atoms with van der Waals surface area (Å²) in [7, 11) is 0. The minimum absolute atomic E-state index is 0.0289. The van der Waals surface area contributed by atoms with E-state index in [0.29, 0.717) is 18.5 Å². The van der Waals surface area contributed by atoms with Gasteiger partial charge in [0.1, 0.15) is 6.04 Å². The average Bonchev–Trinajstić information content (AvgIpc) is 3.00. The van der Waals surface area contributed by atoms with Crippen molar-refractivity contribution in [2.24, 2.45) is 5.41 Å². The van der Waals surface area contributed by atoms with Crippen LogP contribution >= 0.6 is 0 Å². The van der Waals surface area contributed by atoms with Crippen LogP contribution in [-0.2, 0) is 9.59 Å². The average molecular weight is 321 g/mol. The van der Waals surface area contributed by atoms with Crippen LogP contribution in [0.25, 0.3) is 0 Å². The van der Waals surface area contributed by atoms with Gasteiger partial charge in [-0.1, -0.05) is 20.8 Å². The van der Waals surface area contributed by atoms with E-state index in [-0.39, 0.29) is 23.3 Å². The summed E-state index contributed by atoms with van der Waals surface area (Å²) in [4.78, 5) is 29.8. The predicted octanol–water partition coefficient (Wildman–Crippen LogP) is 1.77. The molecule has 2 bridgehead atoms. The molecule has 0 aromatic carbocycles. The van der Waals surface area contributed by atoms with Gasteiger partial charge in [-0.3, -0.25) is 9.59 Å². The smallest absolute Gasteiger partial charge is 0.245 e. The zero-order chi connectivity index (χ0) is 16.6. The lowest BCUT2D eigenvalue weighted by atomic mass is 9.91. The SMILES string of the molecule is CC(C)(C)CC(=O)N1CCCC1C(=O)N1C2CCNCC1CC2. The number of rotatable bonds is 2. The number of hydrogen-bond acceptors (Lipinski definition) is 3. The summed E-state index contributed by atoms with van der Waals surface area (Å²) in [5, 5.41) is 3.44. The van der Waals surface area contributed by atoms with Crippen molar-refractivity contribution in [2.75, 3.05) is 19.6 Å². The van der Waals surface area contributed by atoms with Crippen molar-refractivity contribution >= 4 is 11.8 Å². The standard InChI is InChI=1S/C18H31N3O2/c1-18(2,3)11-16(22)20-10-4-5-15(20)17(23)21-13-6-7-14(21)12-19-9-8-13/h13-15,19H,4-12H2,1-3H3. The van der Waals surface area contributed by atoms with Gasteiger partial charge in [-0.15, -0.1) is 0 Å². The molecule has 0 saturated carbocycles. The van der Waals surface area contributed by atoms with Crippen LogP contribution in [0.2, 0.25) is 0 Å². The van der Waals surface area contributed by atoms with Crippen molar-refractivity contribution in [2.45, 2.75) is 77.4 Å². The summed E-state index contributed by atoms with van der Waals surface area (Å²) >= 11 is 0. The van der Waals surface area contributed by atoms with Crippen molar-refractivity contribution in [3.8, 4) is 0 Å². The molecule has 3 atom stereocenters. The summed E-state index contributed by atoms with van der Waals surface area (Å²) in [5.41, 5.74) is -0.0289.